The smallest absolute Gasteiger partial charge is 0.239 e. The van der Waals surface area contributed by atoms with Crippen LogP contribution in [0, 0.1) is 0 Å². The van der Waals surface area contributed by atoms with E-state index in [0.717, 1.165) is 18.5 Å². The predicted octanol–water partition coefficient (Wildman–Crippen LogP) is 1.35. The molecule has 116 valence electrons. The Morgan fingerprint density at radius 2 is 2.10 bits per heavy atom. The second kappa shape index (κ2) is 6.93. The SMILES string of the molecule is CCCc1ccccc1NCC(=O)NC1CCS(=O)(=O)C1. The van der Waals surface area contributed by atoms with Gasteiger partial charge in [-0.2, -0.15) is 0 Å². The fourth-order valence-electron chi connectivity index (χ4n) is 2.54. The van der Waals surface area contributed by atoms with Gasteiger partial charge in [-0.3, -0.25) is 4.79 Å². The molecule has 1 saturated heterocycles. The molecular formula is C15H22N2O3S. The molecule has 21 heavy (non-hydrogen) atoms. The van der Waals surface area contributed by atoms with Crippen molar-refractivity contribution in [2.45, 2.75) is 32.2 Å². The van der Waals surface area contributed by atoms with E-state index in [9.17, 15) is 13.2 Å². The molecule has 1 atom stereocenters. The molecule has 0 aliphatic carbocycles. The molecule has 1 aliphatic rings. The predicted molar refractivity (Wildman–Crippen MR) is 84.1 cm³/mol. The van der Waals surface area contributed by atoms with E-state index in [1.165, 1.54) is 5.56 Å². The van der Waals surface area contributed by atoms with Crippen molar-refractivity contribution in [2.24, 2.45) is 0 Å². The van der Waals surface area contributed by atoms with Crippen LogP contribution in [0.15, 0.2) is 24.3 Å². The lowest BCUT2D eigenvalue weighted by molar-refractivity contribution is -0.119. The quantitative estimate of drug-likeness (QED) is 0.832. The summed E-state index contributed by atoms with van der Waals surface area (Å²) in [5.74, 6) is 0.0685. The van der Waals surface area contributed by atoms with Crippen LogP contribution in [0.2, 0.25) is 0 Å². The molecule has 1 fully saturated rings. The lowest BCUT2D eigenvalue weighted by Gasteiger charge is -2.14. The fraction of sp³-hybridized carbons (Fsp3) is 0.533. The van der Waals surface area contributed by atoms with Gasteiger partial charge in [0.2, 0.25) is 5.91 Å². The van der Waals surface area contributed by atoms with Crippen LogP contribution in [0.3, 0.4) is 0 Å². The molecule has 1 aromatic rings. The zero-order valence-corrected chi connectivity index (χ0v) is 13.1. The van der Waals surface area contributed by atoms with Crippen LogP contribution in [0.5, 0.6) is 0 Å². The number of sulfone groups is 1. The van der Waals surface area contributed by atoms with Gasteiger partial charge < -0.3 is 10.6 Å². The maximum Gasteiger partial charge on any atom is 0.239 e. The van der Waals surface area contributed by atoms with Crippen molar-refractivity contribution in [2.75, 3.05) is 23.4 Å². The van der Waals surface area contributed by atoms with Crippen LogP contribution in [-0.4, -0.2) is 38.4 Å². The van der Waals surface area contributed by atoms with Crippen LogP contribution in [-0.2, 0) is 21.1 Å². The van der Waals surface area contributed by atoms with Crippen molar-refractivity contribution < 1.29 is 13.2 Å². The number of para-hydroxylation sites is 1. The molecule has 0 radical (unpaired) electrons. The number of carbonyl (C=O) groups is 1. The number of aryl methyl sites for hydroxylation is 1. The van der Waals surface area contributed by atoms with Gasteiger partial charge in [-0.15, -0.1) is 0 Å². The van der Waals surface area contributed by atoms with E-state index < -0.39 is 9.84 Å². The molecule has 1 unspecified atom stereocenters. The third kappa shape index (κ3) is 4.74. The monoisotopic (exact) mass is 310 g/mol. The normalized spacial score (nSPS) is 20.1. The van der Waals surface area contributed by atoms with E-state index >= 15 is 0 Å². The van der Waals surface area contributed by atoms with Gasteiger partial charge in [0.05, 0.1) is 18.1 Å². The summed E-state index contributed by atoms with van der Waals surface area (Å²) < 4.78 is 22.7. The maximum absolute atomic E-state index is 11.9. The van der Waals surface area contributed by atoms with Crippen LogP contribution in [0.4, 0.5) is 5.69 Å². The van der Waals surface area contributed by atoms with Gasteiger partial charge in [-0.1, -0.05) is 31.5 Å². The Bertz CT molecular complexity index is 599. The third-order valence-electron chi connectivity index (χ3n) is 3.57. The van der Waals surface area contributed by atoms with Crippen LogP contribution in [0.1, 0.15) is 25.3 Å². The Kier molecular flexibility index (Phi) is 5.22. The minimum atomic E-state index is -2.96. The van der Waals surface area contributed by atoms with Crippen molar-refractivity contribution in [1.82, 2.24) is 5.32 Å². The molecule has 0 aromatic heterocycles. The van der Waals surface area contributed by atoms with Crippen LogP contribution >= 0.6 is 0 Å². The molecule has 1 amide bonds. The summed E-state index contributed by atoms with van der Waals surface area (Å²) in [7, 11) is -2.96. The zero-order chi connectivity index (χ0) is 15.3. The minimum absolute atomic E-state index is 0.0607. The molecule has 6 heteroatoms. The van der Waals surface area contributed by atoms with Crippen LogP contribution < -0.4 is 10.6 Å². The second-order valence-corrected chi connectivity index (χ2v) is 7.66. The Morgan fingerprint density at radius 1 is 1.33 bits per heavy atom. The van der Waals surface area contributed by atoms with Gasteiger partial charge in [0.1, 0.15) is 0 Å². The van der Waals surface area contributed by atoms with Gasteiger partial charge in [0, 0.05) is 11.7 Å². The van der Waals surface area contributed by atoms with Gasteiger partial charge in [0.15, 0.2) is 9.84 Å². The summed E-state index contributed by atoms with van der Waals surface area (Å²) in [6.45, 7) is 2.28. The molecule has 1 aromatic carbocycles. The van der Waals surface area contributed by atoms with Crippen molar-refractivity contribution >= 4 is 21.4 Å². The highest BCUT2D eigenvalue weighted by Gasteiger charge is 2.28. The Hall–Kier alpha value is -1.56. The van der Waals surface area contributed by atoms with Crippen molar-refractivity contribution in [1.29, 1.82) is 0 Å². The summed E-state index contributed by atoms with van der Waals surface area (Å²) in [6.07, 6.45) is 2.52. The zero-order valence-electron chi connectivity index (χ0n) is 12.3. The average Bonchev–Trinajstić information content (AvgIpc) is 2.77. The number of nitrogens with one attached hydrogen (secondary N) is 2. The number of rotatable bonds is 6. The van der Waals surface area contributed by atoms with Crippen LogP contribution in [0.25, 0.3) is 0 Å². The minimum Gasteiger partial charge on any atom is -0.376 e. The first kappa shape index (κ1) is 15.8. The Morgan fingerprint density at radius 3 is 2.76 bits per heavy atom. The molecular weight excluding hydrogens is 288 g/mol. The Balaban J connectivity index is 1.84. The van der Waals surface area contributed by atoms with E-state index in [-0.39, 0.29) is 30.0 Å². The highest BCUT2D eigenvalue weighted by atomic mass is 32.2. The first-order chi connectivity index (χ1) is 10.00. The van der Waals surface area contributed by atoms with Crippen molar-refractivity contribution in [3.05, 3.63) is 29.8 Å². The summed E-state index contributed by atoms with van der Waals surface area (Å²) in [4.78, 5) is 11.9. The molecule has 1 aliphatic heterocycles. The third-order valence-corrected chi connectivity index (χ3v) is 5.34. The lowest BCUT2D eigenvalue weighted by atomic mass is 10.1. The van der Waals surface area contributed by atoms with Gasteiger partial charge >= 0.3 is 0 Å². The molecule has 5 nitrogen and oxygen atoms in total. The number of carbonyl (C=O) groups excluding carboxylic acids is 1. The van der Waals surface area contributed by atoms with E-state index in [1.54, 1.807) is 0 Å². The summed E-state index contributed by atoms with van der Waals surface area (Å²) >= 11 is 0. The highest BCUT2D eigenvalue weighted by Crippen LogP contribution is 2.16. The van der Waals surface area contributed by atoms with Crippen molar-refractivity contribution in [3.63, 3.8) is 0 Å². The second-order valence-electron chi connectivity index (χ2n) is 5.43. The average molecular weight is 310 g/mol. The summed E-state index contributed by atoms with van der Waals surface area (Å²) in [5, 5.41) is 5.91. The van der Waals surface area contributed by atoms with E-state index in [1.807, 2.05) is 24.3 Å². The van der Waals surface area contributed by atoms with Gasteiger partial charge in [-0.05, 0) is 24.5 Å². The molecule has 2 rings (SSSR count). The standard InChI is InChI=1S/C15H22N2O3S/c1-2-5-12-6-3-4-7-14(12)16-10-15(18)17-13-8-9-21(19,20)11-13/h3-4,6-7,13,16H,2,5,8-11H2,1H3,(H,17,18). The molecule has 0 bridgehead atoms. The topological polar surface area (TPSA) is 75.3 Å². The van der Waals surface area contributed by atoms with Gasteiger partial charge in [0.25, 0.3) is 0 Å². The largest absolute Gasteiger partial charge is 0.376 e. The summed E-state index contributed by atoms with van der Waals surface area (Å²) in [6, 6.07) is 7.68. The number of benzene rings is 1. The molecule has 0 spiro atoms. The van der Waals surface area contributed by atoms with E-state index in [2.05, 4.69) is 17.6 Å². The lowest BCUT2D eigenvalue weighted by Crippen LogP contribution is -2.39. The number of hydrogen-bond acceptors (Lipinski definition) is 4. The fourth-order valence-corrected chi connectivity index (χ4v) is 4.22. The first-order valence-electron chi connectivity index (χ1n) is 7.32. The van der Waals surface area contributed by atoms with E-state index in [0.29, 0.717) is 6.42 Å². The first-order valence-corrected chi connectivity index (χ1v) is 9.14. The maximum atomic E-state index is 11.9. The molecule has 1 heterocycles. The molecule has 2 N–H and O–H groups in total. The molecule has 0 saturated carbocycles. The number of amides is 1. The summed E-state index contributed by atoms with van der Waals surface area (Å²) in [5.41, 5.74) is 2.16. The van der Waals surface area contributed by atoms with Gasteiger partial charge in [-0.25, -0.2) is 8.42 Å². The van der Waals surface area contributed by atoms with Crippen molar-refractivity contribution in [3.8, 4) is 0 Å². The highest BCUT2D eigenvalue weighted by molar-refractivity contribution is 7.91. The number of hydrogen-bond donors (Lipinski definition) is 2. The van der Waals surface area contributed by atoms with E-state index in [4.69, 9.17) is 0 Å². The Labute approximate surface area is 126 Å². The number of anilines is 1.